The van der Waals surface area contributed by atoms with Crippen LogP contribution in [0.4, 0.5) is 5.69 Å². The third-order valence-corrected chi connectivity index (χ3v) is 3.68. The summed E-state index contributed by atoms with van der Waals surface area (Å²) in [5, 5.41) is 2.80. The first-order valence-electron chi connectivity index (χ1n) is 7.50. The third-order valence-electron chi connectivity index (χ3n) is 3.15. The first-order valence-corrected chi connectivity index (χ1v) is 8.29. The predicted octanol–water partition coefficient (Wildman–Crippen LogP) is 4.03. The van der Waals surface area contributed by atoms with Crippen molar-refractivity contribution < 1.29 is 19.1 Å². The minimum Gasteiger partial charge on any atom is -0.479 e. The molecule has 0 aliphatic heterocycles. The first-order chi connectivity index (χ1) is 11.5. The number of halogens is 1. The van der Waals surface area contributed by atoms with Crippen LogP contribution in [0.3, 0.4) is 0 Å². The molecule has 1 amide bonds. The number of benzene rings is 2. The average molecular weight is 392 g/mol. The van der Waals surface area contributed by atoms with E-state index in [2.05, 4.69) is 21.2 Å². The van der Waals surface area contributed by atoms with Crippen LogP contribution < -0.4 is 10.1 Å². The quantitative estimate of drug-likeness (QED) is 0.754. The van der Waals surface area contributed by atoms with Crippen LogP contribution in [0.2, 0.25) is 0 Å². The molecule has 2 aromatic carbocycles. The highest BCUT2D eigenvalue weighted by atomic mass is 79.9. The molecule has 1 unspecified atom stereocenters. The van der Waals surface area contributed by atoms with Crippen LogP contribution in [-0.4, -0.2) is 24.6 Å². The maximum absolute atomic E-state index is 12.1. The summed E-state index contributed by atoms with van der Waals surface area (Å²) in [4.78, 5) is 23.7. The van der Waals surface area contributed by atoms with Gasteiger partial charge < -0.3 is 14.8 Å². The molecule has 0 saturated carbocycles. The van der Waals surface area contributed by atoms with Crippen LogP contribution in [0, 0.1) is 0 Å². The fourth-order valence-electron chi connectivity index (χ4n) is 1.93. The Morgan fingerprint density at radius 1 is 1.08 bits per heavy atom. The highest BCUT2D eigenvalue weighted by molar-refractivity contribution is 9.10. The van der Waals surface area contributed by atoms with Crippen molar-refractivity contribution in [3.05, 3.63) is 58.6 Å². The molecule has 6 heteroatoms. The molecule has 0 fully saturated rings. The van der Waals surface area contributed by atoms with Crippen LogP contribution in [0.1, 0.15) is 24.2 Å². The smallest absolute Gasteiger partial charge is 0.347 e. The molecule has 126 valence electrons. The molecule has 0 aliphatic carbocycles. The van der Waals surface area contributed by atoms with Crippen molar-refractivity contribution >= 4 is 33.5 Å². The van der Waals surface area contributed by atoms with Gasteiger partial charge in [0.1, 0.15) is 5.75 Å². The van der Waals surface area contributed by atoms with E-state index in [0.717, 1.165) is 4.47 Å². The Morgan fingerprint density at radius 3 is 2.29 bits per heavy atom. The van der Waals surface area contributed by atoms with Gasteiger partial charge >= 0.3 is 5.97 Å². The van der Waals surface area contributed by atoms with Gasteiger partial charge in [0.25, 0.3) is 5.91 Å². The summed E-state index contributed by atoms with van der Waals surface area (Å²) in [6.07, 6.45) is -0.687. The first kappa shape index (κ1) is 18.0. The minimum atomic E-state index is -0.687. The number of rotatable bonds is 6. The topological polar surface area (TPSA) is 64.6 Å². The monoisotopic (exact) mass is 391 g/mol. The lowest BCUT2D eigenvalue weighted by Gasteiger charge is -2.13. The average Bonchev–Trinajstić information content (AvgIpc) is 2.57. The van der Waals surface area contributed by atoms with Gasteiger partial charge in [0.2, 0.25) is 0 Å². The summed E-state index contributed by atoms with van der Waals surface area (Å²) < 4.78 is 11.3. The molecule has 0 aromatic heterocycles. The molecule has 2 rings (SSSR count). The molecule has 24 heavy (non-hydrogen) atoms. The second-order valence-corrected chi connectivity index (χ2v) is 5.91. The highest BCUT2D eigenvalue weighted by Gasteiger charge is 2.15. The minimum absolute atomic E-state index is 0.198. The van der Waals surface area contributed by atoms with Gasteiger partial charge in [0.15, 0.2) is 6.10 Å². The van der Waals surface area contributed by atoms with Gasteiger partial charge in [0.05, 0.1) is 6.61 Å². The summed E-state index contributed by atoms with van der Waals surface area (Å²) in [6, 6.07) is 13.9. The predicted molar refractivity (Wildman–Crippen MR) is 95.3 cm³/mol. The fraction of sp³-hybridized carbons (Fsp3) is 0.222. The standard InChI is InChI=1S/C18H18BrNO4/c1-3-23-18(22)12(2)24-16-10-8-15(9-11-16)20-17(21)13-4-6-14(19)7-5-13/h4-12H,3H2,1-2H3,(H,20,21). The van der Waals surface area contributed by atoms with Crippen LogP contribution in [-0.2, 0) is 9.53 Å². The molecule has 0 heterocycles. The van der Waals surface area contributed by atoms with E-state index < -0.39 is 12.1 Å². The van der Waals surface area contributed by atoms with Gasteiger partial charge in [-0.05, 0) is 62.4 Å². The van der Waals surface area contributed by atoms with Crippen LogP contribution in [0.25, 0.3) is 0 Å². The molecule has 0 bridgehead atoms. The van der Waals surface area contributed by atoms with Crippen molar-refractivity contribution in [3.63, 3.8) is 0 Å². The van der Waals surface area contributed by atoms with Crippen molar-refractivity contribution in [1.82, 2.24) is 0 Å². The molecule has 0 spiro atoms. The molecular weight excluding hydrogens is 374 g/mol. The summed E-state index contributed by atoms with van der Waals surface area (Å²) in [5.41, 5.74) is 1.20. The second-order valence-electron chi connectivity index (χ2n) is 5.00. The fourth-order valence-corrected chi connectivity index (χ4v) is 2.20. The van der Waals surface area contributed by atoms with E-state index in [1.165, 1.54) is 0 Å². The molecule has 1 N–H and O–H groups in total. The highest BCUT2D eigenvalue weighted by Crippen LogP contribution is 2.18. The van der Waals surface area contributed by atoms with Crippen LogP contribution in [0.15, 0.2) is 53.0 Å². The van der Waals surface area contributed by atoms with E-state index in [1.54, 1.807) is 50.2 Å². The zero-order valence-electron chi connectivity index (χ0n) is 13.4. The van der Waals surface area contributed by atoms with Gasteiger partial charge in [-0.2, -0.15) is 0 Å². The number of carbonyl (C=O) groups excluding carboxylic acids is 2. The zero-order chi connectivity index (χ0) is 17.5. The lowest BCUT2D eigenvalue weighted by Crippen LogP contribution is -2.26. The van der Waals surface area contributed by atoms with Crippen molar-refractivity contribution in [2.24, 2.45) is 0 Å². The molecule has 5 nitrogen and oxygen atoms in total. The number of esters is 1. The third kappa shape index (κ3) is 5.09. The Labute approximate surface area is 149 Å². The van der Waals surface area contributed by atoms with Crippen LogP contribution in [0.5, 0.6) is 5.75 Å². The number of carbonyl (C=O) groups is 2. The van der Waals surface area contributed by atoms with Crippen molar-refractivity contribution in [3.8, 4) is 5.75 Å². The molecule has 0 radical (unpaired) electrons. The number of nitrogens with one attached hydrogen (secondary N) is 1. The Morgan fingerprint density at radius 2 is 1.71 bits per heavy atom. The molecule has 0 aliphatic rings. The lowest BCUT2D eigenvalue weighted by atomic mass is 10.2. The van der Waals surface area contributed by atoms with E-state index in [9.17, 15) is 9.59 Å². The molecule has 2 aromatic rings. The van der Waals surface area contributed by atoms with Gasteiger partial charge in [-0.15, -0.1) is 0 Å². The molecule has 0 saturated heterocycles. The number of anilines is 1. The van der Waals surface area contributed by atoms with Gasteiger partial charge in [-0.3, -0.25) is 4.79 Å². The van der Waals surface area contributed by atoms with Crippen molar-refractivity contribution in [1.29, 1.82) is 0 Å². The largest absolute Gasteiger partial charge is 0.479 e. The van der Waals surface area contributed by atoms with E-state index in [4.69, 9.17) is 9.47 Å². The van der Waals surface area contributed by atoms with Gasteiger partial charge in [0, 0.05) is 15.7 Å². The van der Waals surface area contributed by atoms with Crippen molar-refractivity contribution in [2.45, 2.75) is 20.0 Å². The normalized spacial score (nSPS) is 11.5. The zero-order valence-corrected chi connectivity index (χ0v) is 15.0. The summed E-state index contributed by atoms with van der Waals surface area (Å²) in [7, 11) is 0. The Kier molecular flexibility index (Phi) is 6.37. The van der Waals surface area contributed by atoms with Gasteiger partial charge in [-0.1, -0.05) is 15.9 Å². The molecular formula is C18H18BrNO4. The summed E-state index contributed by atoms with van der Waals surface area (Å²) in [5.74, 6) is -0.0848. The number of amides is 1. The van der Waals surface area contributed by atoms with E-state index in [0.29, 0.717) is 23.6 Å². The summed E-state index contributed by atoms with van der Waals surface area (Å²) >= 11 is 3.33. The Bertz CT molecular complexity index is 698. The molecule has 1 atom stereocenters. The van der Waals surface area contributed by atoms with E-state index >= 15 is 0 Å². The SMILES string of the molecule is CCOC(=O)C(C)Oc1ccc(NC(=O)c2ccc(Br)cc2)cc1. The van der Waals surface area contributed by atoms with Crippen LogP contribution >= 0.6 is 15.9 Å². The maximum Gasteiger partial charge on any atom is 0.347 e. The van der Waals surface area contributed by atoms with Crippen molar-refractivity contribution in [2.75, 3.05) is 11.9 Å². The number of hydrogen-bond donors (Lipinski definition) is 1. The maximum atomic E-state index is 12.1. The van der Waals surface area contributed by atoms with E-state index in [1.807, 2.05) is 12.1 Å². The lowest BCUT2D eigenvalue weighted by molar-refractivity contribution is -0.150. The number of ether oxygens (including phenoxy) is 2. The number of hydrogen-bond acceptors (Lipinski definition) is 4. The summed E-state index contributed by atoms with van der Waals surface area (Å²) in [6.45, 7) is 3.68. The Balaban J connectivity index is 1.95. The van der Waals surface area contributed by atoms with Gasteiger partial charge in [-0.25, -0.2) is 4.79 Å². The second kappa shape index (κ2) is 8.49. The Hall–Kier alpha value is -2.34. The van der Waals surface area contributed by atoms with E-state index in [-0.39, 0.29) is 5.91 Å².